The fraction of sp³-hybridized carbons (Fsp3) is 0.239. The summed E-state index contributed by atoms with van der Waals surface area (Å²) in [5, 5.41) is 2.25. The summed E-state index contributed by atoms with van der Waals surface area (Å²) >= 11 is 0. The maximum absolute atomic E-state index is 14.8. The molecule has 1 aliphatic rings. The summed E-state index contributed by atoms with van der Waals surface area (Å²) in [7, 11) is 0. The highest BCUT2D eigenvalue weighted by Crippen LogP contribution is 2.49. The molecule has 0 amide bonds. The van der Waals surface area contributed by atoms with E-state index < -0.39 is 0 Å². The van der Waals surface area contributed by atoms with E-state index in [1.165, 1.54) is 52.1 Å². The molecule has 0 unspecified atom stereocenters. The highest BCUT2D eigenvalue weighted by Gasteiger charge is 2.40. The number of para-hydroxylation sites is 3. The molecule has 11 rings (SSSR count). The van der Waals surface area contributed by atoms with Crippen molar-refractivity contribution in [3.05, 3.63) is 216 Å². The maximum Gasteiger partial charge on any atom is 0.503 e. The Morgan fingerprint density at radius 3 is 1.64 bits per heavy atom. The summed E-state index contributed by atoms with van der Waals surface area (Å²) in [5.74, 6) is 2.38. The second-order valence-corrected chi connectivity index (χ2v) is 24.0. The Hall–Kier alpha value is -8.25. The zero-order chi connectivity index (χ0) is 54.9. The molecule has 0 N–H and O–H groups in total. The first-order chi connectivity index (χ1) is 37.2. The van der Waals surface area contributed by atoms with Crippen molar-refractivity contribution in [3.63, 3.8) is 0 Å². The molecule has 3 heterocycles. The number of hydrogen-bond donors (Lipinski definition) is 0. The van der Waals surface area contributed by atoms with Crippen molar-refractivity contribution in [3.8, 4) is 50.7 Å². The summed E-state index contributed by atoms with van der Waals surface area (Å²) in [6.45, 7) is 26.9. The van der Waals surface area contributed by atoms with Crippen molar-refractivity contribution in [1.82, 2.24) is 18.7 Å². The lowest BCUT2D eigenvalue weighted by Gasteiger charge is -2.23. The van der Waals surface area contributed by atoms with Crippen LogP contribution in [0.15, 0.2) is 176 Å². The average molecular weight is 1030 g/mol. The van der Waals surface area contributed by atoms with Gasteiger partial charge in [0.05, 0.1) is 28.2 Å². The van der Waals surface area contributed by atoms with Gasteiger partial charge >= 0.3 is 6.01 Å². The largest absolute Gasteiger partial charge is 0.503 e. The van der Waals surface area contributed by atoms with Gasteiger partial charge < -0.3 is 4.74 Å². The van der Waals surface area contributed by atoms with E-state index in [-0.39, 0.29) is 34.3 Å². The fourth-order valence-corrected chi connectivity index (χ4v) is 11.0. The lowest BCUT2D eigenvalue weighted by Crippen LogP contribution is -2.13. The van der Waals surface area contributed by atoms with Crippen LogP contribution >= 0.6 is 0 Å². The van der Waals surface area contributed by atoms with Crippen LogP contribution in [0.2, 0.25) is 0 Å². The number of fused-ring (bicyclic) bond motifs is 4. The van der Waals surface area contributed by atoms with E-state index in [0.717, 1.165) is 83.8 Å². The molecule has 2 aromatic heterocycles. The van der Waals surface area contributed by atoms with E-state index in [9.17, 15) is 8.78 Å². The van der Waals surface area contributed by atoms with Crippen LogP contribution in [-0.2, 0) is 10.8 Å². The first-order valence-corrected chi connectivity index (χ1v) is 27.4. The predicted molar refractivity (Wildman–Crippen MR) is 322 cm³/mol. The minimum atomic E-state index is -0.315. The van der Waals surface area contributed by atoms with Crippen LogP contribution in [0.3, 0.4) is 0 Å². The number of hydrogen-bond acceptors (Lipinski definition) is 2. The van der Waals surface area contributed by atoms with Gasteiger partial charge in [0.15, 0.2) is 0 Å². The molecule has 0 saturated carbocycles. The monoisotopic (exact) mass is 1030 g/mol. The lowest BCUT2D eigenvalue weighted by molar-refractivity contribution is 0.483. The molecule has 0 aliphatic carbocycles. The third kappa shape index (κ3) is 9.66. The molecule has 0 fully saturated rings. The molecule has 0 radical (unpaired) electrons. The molecular weight excluding hydrogens is 963 g/mol. The predicted octanol–water partition coefficient (Wildman–Crippen LogP) is 20.1. The number of ether oxygens (including phenoxy) is 1. The van der Waals surface area contributed by atoms with E-state index in [1.54, 1.807) is 0 Å². The molecule has 78 heavy (non-hydrogen) atoms. The highest BCUT2D eigenvalue weighted by atomic mass is 19.1. The second-order valence-electron chi connectivity index (χ2n) is 24.0. The first kappa shape index (κ1) is 51.8. The van der Waals surface area contributed by atoms with E-state index in [4.69, 9.17) is 9.72 Å². The Labute approximate surface area is 458 Å². The van der Waals surface area contributed by atoms with Crippen molar-refractivity contribution in [2.24, 2.45) is 0 Å². The van der Waals surface area contributed by atoms with Gasteiger partial charge in [0, 0.05) is 41.2 Å². The van der Waals surface area contributed by atoms with Gasteiger partial charge in [0.2, 0.25) is 11.4 Å². The number of nitrogens with zero attached hydrogens (tertiary/aromatic N) is 4. The lowest BCUT2D eigenvalue weighted by atomic mass is 9.81. The summed E-state index contributed by atoms with van der Waals surface area (Å²) in [5.41, 5.74) is 17.1. The number of aromatic nitrogens is 2. The van der Waals surface area contributed by atoms with E-state index in [0.29, 0.717) is 17.4 Å². The minimum absolute atomic E-state index is 0.0676. The van der Waals surface area contributed by atoms with Crippen molar-refractivity contribution in [1.29, 1.82) is 0 Å². The van der Waals surface area contributed by atoms with Gasteiger partial charge in [-0.2, -0.15) is 0 Å². The van der Waals surface area contributed by atoms with E-state index in [1.807, 2.05) is 36.5 Å². The molecule has 0 spiro atoms. The maximum atomic E-state index is 14.8. The quantitative estimate of drug-likeness (QED) is 0.121. The summed E-state index contributed by atoms with van der Waals surface area (Å²) < 4.78 is 43.3. The van der Waals surface area contributed by atoms with E-state index in [2.05, 4.69) is 218 Å². The van der Waals surface area contributed by atoms with Gasteiger partial charge in [-0.3, -0.25) is 4.57 Å². The summed E-state index contributed by atoms with van der Waals surface area (Å²) in [6, 6.07) is 60.6. The van der Waals surface area contributed by atoms with Crippen LogP contribution in [0, 0.1) is 11.6 Å². The van der Waals surface area contributed by atoms with Gasteiger partial charge in [-0.05, 0) is 161 Å². The molecule has 5 nitrogen and oxygen atoms in total. The number of rotatable bonds is 11. The van der Waals surface area contributed by atoms with Crippen LogP contribution in [0.5, 0.6) is 11.5 Å². The van der Waals surface area contributed by atoms with Gasteiger partial charge in [0.1, 0.15) is 29.0 Å². The van der Waals surface area contributed by atoms with Crippen molar-refractivity contribution < 1.29 is 13.5 Å². The first-order valence-electron chi connectivity index (χ1n) is 27.4. The number of pyridine rings is 1. The van der Waals surface area contributed by atoms with Gasteiger partial charge in [0.25, 0.3) is 11.4 Å². The Kier molecular flexibility index (Phi) is 13.3. The second kappa shape index (κ2) is 20.0. The molecule has 0 atom stereocenters. The Morgan fingerprint density at radius 2 is 1.06 bits per heavy atom. The molecule has 8 aromatic carbocycles. The molecule has 0 saturated heterocycles. The zero-order valence-corrected chi connectivity index (χ0v) is 46.9. The Balaban J connectivity index is 1.19. The molecule has 10 aromatic rings. The molecular formula is C71H68F2N4O+2. The standard InChI is InChI=1S/C71H68F2N4O/c1-43(2)48-35-59(44(3)4)68(60(36-48)45(5)6)49-33-54(40-56(34-49)78-55-29-30-58-57-17-13-14-18-63(57)77(66(58)41-55)67-39-50(31-32-74-67)70(7,8)9)75-42-76(65-20-16-15-19-64(65)75)69-61(46-21-25-52(72)26-22-46)37-51(71(10,11)12)38-62(69)47-23-27-53(73)28-24-47/h13-41,43-45H,1-12H3/q+2. The molecule has 390 valence electrons. The number of halogens is 2. The van der Waals surface area contributed by atoms with Crippen LogP contribution in [0.4, 0.5) is 31.5 Å². The van der Waals surface area contributed by atoms with Gasteiger partial charge in [-0.15, -0.1) is 0 Å². The van der Waals surface area contributed by atoms with E-state index >= 15 is 0 Å². The third-order valence-electron chi connectivity index (χ3n) is 15.4. The molecule has 0 bridgehead atoms. The third-order valence-corrected chi connectivity index (χ3v) is 15.4. The smallest absolute Gasteiger partial charge is 0.457 e. The zero-order valence-electron chi connectivity index (χ0n) is 46.9. The van der Waals surface area contributed by atoms with Gasteiger partial charge in [-0.25, -0.2) is 13.8 Å². The van der Waals surface area contributed by atoms with Crippen LogP contribution in [-0.4, -0.2) is 15.6 Å². The Bertz CT molecular complexity index is 3950. The van der Waals surface area contributed by atoms with Gasteiger partial charge in [-0.1, -0.05) is 150 Å². The van der Waals surface area contributed by atoms with Crippen molar-refractivity contribution in [2.45, 2.75) is 112 Å². The van der Waals surface area contributed by atoms with Crippen LogP contribution in [0.1, 0.15) is 129 Å². The van der Waals surface area contributed by atoms with Crippen molar-refractivity contribution in [2.75, 3.05) is 0 Å². The average Bonchev–Trinajstić information content (AvgIpc) is 4.12. The molecule has 7 heteroatoms. The summed E-state index contributed by atoms with van der Waals surface area (Å²) in [4.78, 5) is 4.96. The number of benzene rings is 8. The van der Waals surface area contributed by atoms with Crippen molar-refractivity contribution >= 4 is 50.6 Å². The topological polar surface area (TPSA) is 33.1 Å². The van der Waals surface area contributed by atoms with Crippen LogP contribution < -0.4 is 13.9 Å². The Morgan fingerprint density at radius 1 is 0.500 bits per heavy atom. The fourth-order valence-electron chi connectivity index (χ4n) is 11.0. The summed E-state index contributed by atoms with van der Waals surface area (Å²) in [6.07, 6.45) is 1.91. The normalized spacial score (nSPS) is 12.8. The molecule has 1 aliphatic heterocycles. The highest BCUT2D eigenvalue weighted by molar-refractivity contribution is 6.09. The van der Waals surface area contributed by atoms with Crippen LogP contribution in [0.25, 0.3) is 61.0 Å². The minimum Gasteiger partial charge on any atom is -0.457 e. The SMILES string of the molecule is CC(C)c1cc(C(C)C)c(-c2cc(Oc3ccc4c5ccccc5n(-c5cc(C(C)(C)C)ccn5)c4c3)cc([N+]3=C=[N+](c4c(-c5ccc(F)cc5)cc(C(C)(C)C)cc4-c4ccc(F)cc4)c4ccccc43)c2)c(C(C)C)c1.